The zero-order valence-electron chi connectivity index (χ0n) is 10.3. The van der Waals surface area contributed by atoms with Gasteiger partial charge >= 0.3 is 0 Å². The highest BCUT2D eigenvalue weighted by molar-refractivity contribution is 5.82. The van der Waals surface area contributed by atoms with Crippen molar-refractivity contribution in [2.45, 2.75) is 26.4 Å². The Balaban J connectivity index is 2.64. The monoisotopic (exact) mass is 239 g/mol. The number of ether oxygens (including phenoxy) is 1. The standard InChI is InChI=1S/C13H15F2NO/c1-13(2,3)17-12-9(14)7-10-8(11(12)15)5-6-16(10)4/h5-7H,1-4H3. The number of benzene rings is 1. The maximum absolute atomic E-state index is 14.1. The summed E-state index contributed by atoms with van der Waals surface area (Å²) in [6, 6.07) is 2.90. The molecule has 4 heteroatoms. The molecule has 0 saturated heterocycles. The van der Waals surface area contributed by atoms with Gasteiger partial charge in [0.1, 0.15) is 5.60 Å². The minimum Gasteiger partial charge on any atom is -0.482 e. The maximum atomic E-state index is 14.1. The molecule has 1 aromatic heterocycles. The van der Waals surface area contributed by atoms with E-state index in [4.69, 9.17) is 4.74 Å². The highest BCUT2D eigenvalue weighted by Gasteiger charge is 2.21. The molecule has 0 fully saturated rings. The molecular weight excluding hydrogens is 224 g/mol. The molecule has 2 rings (SSSR count). The van der Waals surface area contributed by atoms with Crippen LogP contribution in [0.4, 0.5) is 8.78 Å². The fourth-order valence-electron chi connectivity index (χ4n) is 1.72. The van der Waals surface area contributed by atoms with Gasteiger partial charge in [-0.3, -0.25) is 0 Å². The van der Waals surface area contributed by atoms with Crippen molar-refractivity contribution in [3.05, 3.63) is 30.0 Å². The van der Waals surface area contributed by atoms with Crippen LogP contribution in [0.5, 0.6) is 5.75 Å². The number of aryl methyl sites for hydroxylation is 1. The van der Waals surface area contributed by atoms with Gasteiger partial charge in [0, 0.05) is 24.7 Å². The number of halogens is 2. The lowest BCUT2D eigenvalue weighted by atomic mass is 10.1. The van der Waals surface area contributed by atoms with E-state index < -0.39 is 17.2 Å². The number of fused-ring (bicyclic) bond motifs is 1. The van der Waals surface area contributed by atoms with Crippen LogP contribution in [-0.4, -0.2) is 10.2 Å². The van der Waals surface area contributed by atoms with Gasteiger partial charge in [-0.25, -0.2) is 8.78 Å². The first kappa shape index (κ1) is 11.9. The molecule has 0 radical (unpaired) electrons. The van der Waals surface area contributed by atoms with E-state index in [2.05, 4.69) is 0 Å². The maximum Gasteiger partial charge on any atom is 0.192 e. The Morgan fingerprint density at radius 2 is 1.88 bits per heavy atom. The van der Waals surface area contributed by atoms with Gasteiger partial charge in [0.25, 0.3) is 0 Å². The molecule has 0 spiro atoms. The Hall–Kier alpha value is -1.58. The van der Waals surface area contributed by atoms with Crippen LogP contribution < -0.4 is 4.74 Å². The lowest BCUT2D eigenvalue weighted by Crippen LogP contribution is -2.24. The fourth-order valence-corrected chi connectivity index (χ4v) is 1.72. The molecule has 0 atom stereocenters. The summed E-state index contributed by atoms with van der Waals surface area (Å²) in [5.74, 6) is -1.63. The first-order valence-corrected chi connectivity index (χ1v) is 5.41. The van der Waals surface area contributed by atoms with E-state index in [0.29, 0.717) is 10.9 Å². The Kier molecular flexibility index (Phi) is 2.60. The topological polar surface area (TPSA) is 14.2 Å². The van der Waals surface area contributed by atoms with E-state index in [1.807, 2.05) is 0 Å². The number of hydrogen-bond acceptors (Lipinski definition) is 1. The van der Waals surface area contributed by atoms with Crippen LogP contribution >= 0.6 is 0 Å². The molecule has 1 aromatic carbocycles. The van der Waals surface area contributed by atoms with Gasteiger partial charge in [0.2, 0.25) is 0 Å². The summed E-state index contributed by atoms with van der Waals surface area (Å²) < 4.78 is 34.9. The van der Waals surface area contributed by atoms with E-state index >= 15 is 0 Å². The second-order valence-electron chi connectivity index (χ2n) is 5.08. The van der Waals surface area contributed by atoms with E-state index in [9.17, 15) is 8.78 Å². The SMILES string of the molecule is Cn1ccc2c(F)c(OC(C)(C)C)c(F)cc21. The second-order valence-corrected chi connectivity index (χ2v) is 5.08. The molecule has 2 nitrogen and oxygen atoms in total. The minimum atomic E-state index is -0.674. The lowest BCUT2D eigenvalue weighted by molar-refractivity contribution is 0.118. The third-order valence-electron chi connectivity index (χ3n) is 2.45. The highest BCUT2D eigenvalue weighted by atomic mass is 19.1. The summed E-state index contributed by atoms with van der Waals surface area (Å²) in [4.78, 5) is 0. The summed E-state index contributed by atoms with van der Waals surface area (Å²) in [7, 11) is 1.74. The van der Waals surface area contributed by atoms with E-state index in [-0.39, 0.29) is 5.75 Å². The molecule has 17 heavy (non-hydrogen) atoms. The smallest absolute Gasteiger partial charge is 0.192 e. The van der Waals surface area contributed by atoms with Gasteiger partial charge < -0.3 is 9.30 Å². The summed E-state index contributed by atoms with van der Waals surface area (Å²) in [6.45, 7) is 5.25. The predicted molar refractivity (Wildman–Crippen MR) is 63.2 cm³/mol. The van der Waals surface area contributed by atoms with E-state index in [0.717, 1.165) is 0 Å². The first-order valence-electron chi connectivity index (χ1n) is 5.41. The van der Waals surface area contributed by atoms with Crippen molar-refractivity contribution in [1.29, 1.82) is 0 Å². The Labute approximate surface area is 98.8 Å². The van der Waals surface area contributed by atoms with Crippen molar-refractivity contribution in [2.75, 3.05) is 0 Å². The summed E-state index contributed by atoms with van der Waals surface area (Å²) in [6.07, 6.45) is 1.69. The van der Waals surface area contributed by atoms with Crippen molar-refractivity contribution < 1.29 is 13.5 Å². The average molecular weight is 239 g/mol. The number of aromatic nitrogens is 1. The van der Waals surface area contributed by atoms with Gasteiger partial charge in [-0.15, -0.1) is 0 Å². The Morgan fingerprint density at radius 3 is 2.47 bits per heavy atom. The quantitative estimate of drug-likeness (QED) is 0.741. The fraction of sp³-hybridized carbons (Fsp3) is 0.385. The number of hydrogen-bond donors (Lipinski definition) is 0. The van der Waals surface area contributed by atoms with Crippen LogP contribution in [0.2, 0.25) is 0 Å². The molecule has 1 heterocycles. The summed E-state index contributed by atoms with van der Waals surface area (Å²) in [5, 5.41) is 0.369. The highest BCUT2D eigenvalue weighted by Crippen LogP contribution is 2.32. The molecule has 92 valence electrons. The Morgan fingerprint density at radius 1 is 1.24 bits per heavy atom. The molecule has 0 bridgehead atoms. The number of rotatable bonds is 1. The molecule has 0 N–H and O–H groups in total. The van der Waals surface area contributed by atoms with Gasteiger partial charge in [-0.05, 0) is 26.8 Å². The molecular formula is C13H15F2NO. The van der Waals surface area contributed by atoms with Crippen molar-refractivity contribution in [2.24, 2.45) is 7.05 Å². The zero-order chi connectivity index (χ0) is 12.8. The molecule has 0 aliphatic heterocycles. The molecule has 0 unspecified atom stereocenters. The molecule has 0 aliphatic rings. The van der Waals surface area contributed by atoms with Crippen molar-refractivity contribution in [1.82, 2.24) is 4.57 Å². The van der Waals surface area contributed by atoms with Gasteiger partial charge in [-0.1, -0.05) is 0 Å². The van der Waals surface area contributed by atoms with Crippen LogP contribution in [0.25, 0.3) is 10.9 Å². The van der Waals surface area contributed by atoms with Crippen LogP contribution in [0, 0.1) is 11.6 Å². The molecule has 0 saturated carbocycles. The molecule has 0 amide bonds. The third kappa shape index (κ3) is 2.12. The summed E-state index contributed by atoms with van der Waals surface area (Å²) >= 11 is 0. The van der Waals surface area contributed by atoms with Crippen molar-refractivity contribution in [3.63, 3.8) is 0 Å². The largest absolute Gasteiger partial charge is 0.482 e. The van der Waals surface area contributed by atoms with Crippen LogP contribution in [0.3, 0.4) is 0 Å². The Bertz CT molecular complexity index is 567. The van der Waals surface area contributed by atoms with Crippen LogP contribution in [0.1, 0.15) is 20.8 Å². The molecule has 0 aliphatic carbocycles. The minimum absolute atomic E-state index is 0.309. The lowest BCUT2D eigenvalue weighted by Gasteiger charge is -2.22. The molecule has 2 aromatic rings. The summed E-state index contributed by atoms with van der Waals surface area (Å²) in [5.41, 5.74) is -0.120. The van der Waals surface area contributed by atoms with Gasteiger partial charge in [0.15, 0.2) is 17.4 Å². The second kappa shape index (κ2) is 3.72. The van der Waals surface area contributed by atoms with Crippen LogP contribution in [0.15, 0.2) is 18.3 Å². The zero-order valence-corrected chi connectivity index (χ0v) is 10.3. The first-order chi connectivity index (χ1) is 7.79. The van der Waals surface area contributed by atoms with Crippen LogP contribution in [-0.2, 0) is 7.05 Å². The van der Waals surface area contributed by atoms with Crippen molar-refractivity contribution >= 4 is 10.9 Å². The van der Waals surface area contributed by atoms with Crippen molar-refractivity contribution in [3.8, 4) is 5.75 Å². The van der Waals surface area contributed by atoms with E-state index in [1.54, 1.807) is 44.6 Å². The number of nitrogens with zero attached hydrogens (tertiary/aromatic N) is 1. The van der Waals surface area contributed by atoms with E-state index in [1.165, 1.54) is 6.07 Å². The third-order valence-corrected chi connectivity index (χ3v) is 2.45. The van der Waals surface area contributed by atoms with Gasteiger partial charge in [0.05, 0.1) is 5.52 Å². The average Bonchev–Trinajstić information content (AvgIpc) is 2.54. The van der Waals surface area contributed by atoms with Gasteiger partial charge in [-0.2, -0.15) is 0 Å². The normalized spacial score (nSPS) is 12.1. The predicted octanol–water partition coefficient (Wildman–Crippen LogP) is 3.63.